The molecule has 0 saturated carbocycles. The zero-order chi connectivity index (χ0) is 15.2. The second-order valence-electron chi connectivity index (χ2n) is 4.78. The van der Waals surface area contributed by atoms with Crippen molar-refractivity contribution in [2.45, 2.75) is 26.5 Å². The van der Waals surface area contributed by atoms with Gasteiger partial charge in [0, 0.05) is 11.9 Å². The summed E-state index contributed by atoms with van der Waals surface area (Å²) in [5.41, 5.74) is 7.07. The minimum Gasteiger partial charge on any atom is -0.489 e. The summed E-state index contributed by atoms with van der Waals surface area (Å²) >= 11 is 1.39. The first-order valence-electron chi connectivity index (χ1n) is 6.74. The van der Waals surface area contributed by atoms with E-state index in [9.17, 15) is 4.79 Å². The van der Waals surface area contributed by atoms with Crippen LogP contribution in [0.5, 0.6) is 5.75 Å². The Labute approximate surface area is 140 Å². The van der Waals surface area contributed by atoms with E-state index < -0.39 is 0 Å². The van der Waals surface area contributed by atoms with E-state index in [0.29, 0.717) is 18.8 Å². The largest absolute Gasteiger partial charge is 0.489 e. The van der Waals surface area contributed by atoms with Crippen molar-refractivity contribution in [1.29, 1.82) is 0 Å². The van der Waals surface area contributed by atoms with Crippen molar-refractivity contribution in [3.8, 4) is 5.75 Å². The van der Waals surface area contributed by atoms with Crippen LogP contribution >= 0.6 is 23.7 Å². The van der Waals surface area contributed by atoms with Gasteiger partial charge in [0.2, 0.25) is 0 Å². The van der Waals surface area contributed by atoms with Gasteiger partial charge in [0.05, 0.1) is 6.54 Å². The standard InChI is InChI=1S/C15H19N3O2S.ClH/c1-10-3-5-12(6-4-10)20-11(2)8-17-15(19)13-9-21-14(7-16)18-13;/h3-6,9,11H,7-8,16H2,1-2H3,(H,17,19);1H. The molecule has 0 bridgehead atoms. The molecule has 2 rings (SSSR count). The minimum atomic E-state index is -0.203. The van der Waals surface area contributed by atoms with Crippen molar-refractivity contribution in [2.75, 3.05) is 6.54 Å². The summed E-state index contributed by atoms with van der Waals surface area (Å²) < 4.78 is 5.73. The number of hydrogen-bond acceptors (Lipinski definition) is 5. The molecule has 0 aliphatic heterocycles. The summed E-state index contributed by atoms with van der Waals surface area (Å²) in [4.78, 5) is 16.1. The monoisotopic (exact) mass is 341 g/mol. The number of amides is 1. The van der Waals surface area contributed by atoms with E-state index in [1.54, 1.807) is 5.38 Å². The van der Waals surface area contributed by atoms with Gasteiger partial charge in [0.25, 0.3) is 5.91 Å². The molecule has 22 heavy (non-hydrogen) atoms. The molecule has 3 N–H and O–H groups in total. The molecule has 120 valence electrons. The number of nitrogens with one attached hydrogen (secondary N) is 1. The van der Waals surface area contributed by atoms with Crippen molar-refractivity contribution in [3.05, 3.63) is 45.9 Å². The van der Waals surface area contributed by atoms with Crippen molar-refractivity contribution >= 4 is 29.7 Å². The van der Waals surface area contributed by atoms with Gasteiger partial charge in [-0.25, -0.2) is 4.98 Å². The molecule has 1 aromatic carbocycles. The molecule has 0 aliphatic rings. The van der Waals surface area contributed by atoms with Gasteiger partial charge in [-0.3, -0.25) is 4.79 Å². The quantitative estimate of drug-likeness (QED) is 0.846. The number of hydrogen-bond donors (Lipinski definition) is 2. The number of rotatable bonds is 6. The average molecular weight is 342 g/mol. The zero-order valence-electron chi connectivity index (χ0n) is 12.5. The minimum absolute atomic E-state index is 0. The van der Waals surface area contributed by atoms with Crippen molar-refractivity contribution < 1.29 is 9.53 Å². The Morgan fingerprint density at radius 2 is 2.09 bits per heavy atom. The average Bonchev–Trinajstić information content (AvgIpc) is 2.96. The second-order valence-corrected chi connectivity index (χ2v) is 5.72. The van der Waals surface area contributed by atoms with Gasteiger partial charge in [-0.15, -0.1) is 23.7 Å². The molecule has 1 amide bonds. The Kier molecular flexibility index (Phi) is 7.31. The van der Waals surface area contributed by atoms with E-state index in [4.69, 9.17) is 10.5 Å². The topological polar surface area (TPSA) is 77.2 Å². The van der Waals surface area contributed by atoms with E-state index in [1.165, 1.54) is 16.9 Å². The van der Waals surface area contributed by atoms with Crippen LogP contribution in [0.2, 0.25) is 0 Å². The van der Waals surface area contributed by atoms with Crippen LogP contribution in [0.4, 0.5) is 0 Å². The third-order valence-corrected chi connectivity index (χ3v) is 3.74. The van der Waals surface area contributed by atoms with Gasteiger partial charge in [-0.1, -0.05) is 17.7 Å². The molecule has 5 nitrogen and oxygen atoms in total. The maximum Gasteiger partial charge on any atom is 0.270 e. The SMILES string of the molecule is Cc1ccc(OC(C)CNC(=O)c2csc(CN)n2)cc1.Cl. The number of aryl methyl sites for hydroxylation is 1. The Hall–Kier alpha value is -1.63. The molecule has 1 heterocycles. The van der Waals surface area contributed by atoms with Crippen LogP contribution in [0, 0.1) is 6.92 Å². The third-order valence-electron chi connectivity index (χ3n) is 2.87. The van der Waals surface area contributed by atoms with Crippen LogP contribution in [-0.2, 0) is 6.54 Å². The number of carbonyl (C=O) groups excluding carboxylic acids is 1. The molecule has 1 unspecified atom stereocenters. The highest BCUT2D eigenvalue weighted by molar-refractivity contribution is 7.09. The number of thiazole rings is 1. The maximum absolute atomic E-state index is 11.9. The fraction of sp³-hybridized carbons (Fsp3) is 0.333. The van der Waals surface area contributed by atoms with E-state index >= 15 is 0 Å². The lowest BCUT2D eigenvalue weighted by Crippen LogP contribution is -2.33. The van der Waals surface area contributed by atoms with Gasteiger partial charge >= 0.3 is 0 Å². The van der Waals surface area contributed by atoms with Crippen LogP contribution < -0.4 is 15.8 Å². The first-order valence-corrected chi connectivity index (χ1v) is 7.62. The van der Waals surface area contributed by atoms with Crippen molar-refractivity contribution in [1.82, 2.24) is 10.3 Å². The fourth-order valence-corrected chi connectivity index (χ4v) is 2.38. The van der Waals surface area contributed by atoms with Gasteiger partial charge in [-0.2, -0.15) is 0 Å². The van der Waals surface area contributed by atoms with E-state index in [0.717, 1.165) is 10.8 Å². The van der Waals surface area contributed by atoms with E-state index in [-0.39, 0.29) is 24.4 Å². The van der Waals surface area contributed by atoms with Crippen molar-refractivity contribution in [2.24, 2.45) is 5.73 Å². The van der Waals surface area contributed by atoms with Gasteiger partial charge in [0.15, 0.2) is 0 Å². The molecule has 0 spiro atoms. The lowest BCUT2D eigenvalue weighted by atomic mass is 10.2. The first-order chi connectivity index (χ1) is 10.1. The molecule has 0 saturated heterocycles. The molecule has 1 atom stereocenters. The number of carbonyl (C=O) groups is 1. The van der Waals surface area contributed by atoms with Crippen LogP contribution in [0.1, 0.15) is 28.0 Å². The normalized spacial score (nSPS) is 11.4. The first kappa shape index (κ1) is 18.4. The molecular formula is C15H20ClN3O2S. The predicted molar refractivity (Wildman–Crippen MR) is 90.9 cm³/mol. The summed E-state index contributed by atoms with van der Waals surface area (Å²) in [6.45, 7) is 4.70. The summed E-state index contributed by atoms with van der Waals surface area (Å²) in [7, 11) is 0. The van der Waals surface area contributed by atoms with E-state index in [2.05, 4.69) is 10.3 Å². The van der Waals surface area contributed by atoms with Gasteiger partial charge in [-0.05, 0) is 26.0 Å². The highest BCUT2D eigenvalue weighted by Gasteiger charge is 2.12. The fourth-order valence-electron chi connectivity index (χ4n) is 1.73. The lowest BCUT2D eigenvalue weighted by Gasteiger charge is -2.15. The zero-order valence-corrected chi connectivity index (χ0v) is 14.2. The number of nitrogens with two attached hydrogens (primary N) is 1. The Morgan fingerprint density at radius 3 is 2.68 bits per heavy atom. The second kappa shape index (κ2) is 8.73. The molecule has 0 radical (unpaired) electrons. The Morgan fingerprint density at radius 1 is 1.41 bits per heavy atom. The Bertz CT molecular complexity index is 601. The number of halogens is 1. The molecule has 2 aromatic rings. The number of nitrogens with zero attached hydrogens (tertiary/aromatic N) is 1. The number of aromatic nitrogens is 1. The van der Waals surface area contributed by atoms with Gasteiger partial charge < -0.3 is 15.8 Å². The third kappa shape index (κ3) is 5.29. The number of benzene rings is 1. The van der Waals surface area contributed by atoms with Crippen LogP contribution in [0.15, 0.2) is 29.6 Å². The van der Waals surface area contributed by atoms with E-state index in [1.807, 2.05) is 38.1 Å². The van der Waals surface area contributed by atoms with Crippen LogP contribution in [0.25, 0.3) is 0 Å². The highest BCUT2D eigenvalue weighted by atomic mass is 35.5. The lowest BCUT2D eigenvalue weighted by molar-refractivity contribution is 0.0928. The van der Waals surface area contributed by atoms with Gasteiger partial charge in [0.1, 0.15) is 22.6 Å². The predicted octanol–water partition coefficient (Wildman–Crippen LogP) is 2.53. The Balaban J connectivity index is 0.00000242. The summed E-state index contributed by atoms with van der Waals surface area (Å²) in [5, 5.41) is 5.27. The molecule has 0 aliphatic carbocycles. The summed E-state index contributed by atoms with van der Waals surface area (Å²) in [6, 6.07) is 7.82. The van der Waals surface area contributed by atoms with Crippen LogP contribution in [-0.4, -0.2) is 23.5 Å². The maximum atomic E-state index is 11.9. The molecule has 1 aromatic heterocycles. The van der Waals surface area contributed by atoms with Crippen LogP contribution in [0.3, 0.4) is 0 Å². The number of ether oxygens (including phenoxy) is 1. The molecule has 7 heteroatoms. The summed E-state index contributed by atoms with van der Waals surface area (Å²) in [6.07, 6.45) is -0.121. The summed E-state index contributed by atoms with van der Waals surface area (Å²) in [5.74, 6) is 0.590. The molecule has 0 fully saturated rings. The smallest absolute Gasteiger partial charge is 0.270 e. The highest BCUT2D eigenvalue weighted by Crippen LogP contribution is 2.13. The van der Waals surface area contributed by atoms with Crippen molar-refractivity contribution in [3.63, 3.8) is 0 Å². The molecular weight excluding hydrogens is 322 g/mol.